The summed E-state index contributed by atoms with van der Waals surface area (Å²) in [6.07, 6.45) is -3.85. The van der Waals surface area contributed by atoms with E-state index < -0.39 is 23.3 Å². The van der Waals surface area contributed by atoms with E-state index in [4.69, 9.17) is 0 Å². The minimum atomic E-state index is -4.47. The van der Waals surface area contributed by atoms with Gasteiger partial charge in [0.25, 0.3) is 5.91 Å². The van der Waals surface area contributed by atoms with Crippen LogP contribution in [0, 0.1) is 0 Å². The van der Waals surface area contributed by atoms with E-state index in [-0.39, 0.29) is 30.5 Å². The van der Waals surface area contributed by atoms with Crippen LogP contribution in [0.2, 0.25) is 0 Å². The smallest absolute Gasteiger partial charge is 0.325 e. The van der Waals surface area contributed by atoms with Gasteiger partial charge < -0.3 is 10.2 Å². The number of halogens is 3. The van der Waals surface area contributed by atoms with Gasteiger partial charge in [0, 0.05) is 12.1 Å². The Balaban J connectivity index is 1.57. The highest BCUT2D eigenvalue weighted by atomic mass is 19.4. The first kappa shape index (κ1) is 19.9. The number of alkyl halides is 3. The maximum atomic E-state index is 13.1. The molecule has 3 amide bonds. The molecule has 156 valence electrons. The third-order valence-corrected chi connectivity index (χ3v) is 5.54. The lowest BCUT2D eigenvalue weighted by Crippen LogP contribution is -2.63. The van der Waals surface area contributed by atoms with Gasteiger partial charge in [0.2, 0.25) is 11.8 Å². The molecule has 2 aliphatic heterocycles. The van der Waals surface area contributed by atoms with Crippen molar-refractivity contribution in [3.05, 3.63) is 59.7 Å². The highest BCUT2D eigenvalue weighted by molar-refractivity contribution is 6.11. The summed E-state index contributed by atoms with van der Waals surface area (Å²) in [6.45, 7) is 1.39. The molecule has 1 fully saturated rings. The summed E-state index contributed by atoms with van der Waals surface area (Å²) < 4.78 is 38.1. The van der Waals surface area contributed by atoms with Crippen LogP contribution in [0.5, 0.6) is 0 Å². The van der Waals surface area contributed by atoms with Crippen LogP contribution in [-0.4, -0.2) is 34.8 Å². The van der Waals surface area contributed by atoms with Crippen LogP contribution >= 0.6 is 0 Å². The van der Waals surface area contributed by atoms with Gasteiger partial charge in [-0.3, -0.25) is 19.3 Å². The highest BCUT2D eigenvalue weighted by Gasteiger charge is 2.53. The Morgan fingerprint density at radius 3 is 2.43 bits per heavy atom. The van der Waals surface area contributed by atoms with E-state index in [1.807, 2.05) is 0 Å². The Kier molecular flexibility index (Phi) is 4.56. The number of hydrogen-bond acceptors (Lipinski definition) is 3. The molecule has 0 saturated carbocycles. The van der Waals surface area contributed by atoms with Crippen LogP contribution < -0.4 is 10.2 Å². The van der Waals surface area contributed by atoms with E-state index in [0.29, 0.717) is 17.7 Å². The third-order valence-electron chi connectivity index (χ3n) is 5.54. The molecule has 1 saturated heterocycles. The second kappa shape index (κ2) is 6.86. The summed E-state index contributed by atoms with van der Waals surface area (Å²) in [5.41, 5.74) is -0.780. The number of nitrogens with one attached hydrogen (secondary N) is 1. The lowest BCUT2D eigenvalue weighted by Gasteiger charge is -2.48. The number of para-hydroxylation sites is 1. The number of rotatable bonds is 3. The van der Waals surface area contributed by atoms with Crippen molar-refractivity contribution in [3.8, 4) is 0 Å². The largest absolute Gasteiger partial charge is 0.416 e. The van der Waals surface area contributed by atoms with Crippen LogP contribution in [-0.2, 0) is 15.8 Å². The number of fused-ring (bicyclic) bond motifs is 3. The number of hydrogen-bond donors (Lipinski definition) is 1. The maximum absolute atomic E-state index is 13.1. The first-order valence-corrected chi connectivity index (χ1v) is 9.32. The van der Waals surface area contributed by atoms with Crippen molar-refractivity contribution in [2.75, 3.05) is 16.8 Å². The fourth-order valence-electron chi connectivity index (χ4n) is 4.03. The van der Waals surface area contributed by atoms with Gasteiger partial charge in [0.1, 0.15) is 12.2 Å². The predicted molar refractivity (Wildman–Crippen MR) is 103 cm³/mol. The van der Waals surface area contributed by atoms with E-state index in [0.717, 1.165) is 24.3 Å². The first-order chi connectivity index (χ1) is 14.1. The number of amides is 3. The lowest BCUT2D eigenvalue weighted by molar-refractivity contribution is -0.137. The molecule has 0 spiro atoms. The monoisotopic (exact) mass is 417 g/mol. The lowest BCUT2D eigenvalue weighted by atomic mass is 9.98. The van der Waals surface area contributed by atoms with Crippen LogP contribution in [0.15, 0.2) is 48.5 Å². The van der Waals surface area contributed by atoms with Gasteiger partial charge in [-0.25, -0.2) is 0 Å². The van der Waals surface area contributed by atoms with Gasteiger partial charge in [-0.05, 0) is 49.7 Å². The number of carbonyl (C=O) groups is 3. The van der Waals surface area contributed by atoms with Gasteiger partial charge in [-0.2, -0.15) is 13.2 Å². The number of carbonyl (C=O) groups excluding carboxylic acids is 3. The predicted octanol–water partition coefficient (Wildman–Crippen LogP) is 3.64. The SMILES string of the molecule is CC12CCC(=O)N1c1ccccc1C(=O)N2CC(=O)Nc1ccc(C(F)(F)F)cc1. The molecule has 2 aromatic rings. The topological polar surface area (TPSA) is 69.7 Å². The molecule has 30 heavy (non-hydrogen) atoms. The zero-order valence-corrected chi connectivity index (χ0v) is 16.0. The van der Waals surface area contributed by atoms with Crippen LogP contribution in [0.3, 0.4) is 0 Å². The molecule has 2 aliphatic rings. The highest BCUT2D eigenvalue weighted by Crippen LogP contribution is 2.43. The molecule has 1 atom stereocenters. The maximum Gasteiger partial charge on any atom is 0.416 e. The molecule has 0 bridgehead atoms. The van der Waals surface area contributed by atoms with Gasteiger partial charge in [0.15, 0.2) is 0 Å². The number of nitrogens with zero attached hydrogens (tertiary/aromatic N) is 2. The van der Waals surface area contributed by atoms with E-state index in [1.165, 1.54) is 4.90 Å². The Hall–Kier alpha value is -3.36. The molecule has 4 rings (SSSR count). The minimum Gasteiger partial charge on any atom is -0.325 e. The second-order valence-corrected chi connectivity index (χ2v) is 7.48. The average Bonchev–Trinajstić information content (AvgIpc) is 3.00. The average molecular weight is 417 g/mol. The Morgan fingerprint density at radius 1 is 1.10 bits per heavy atom. The molecule has 2 aromatic carbocycles. The molecule has 1 N–H and O–H groups in total. The Bertz CT molecular complexity index is 1040. The molecule has 0 aromatic heterocycles. The van der Waals surface area contributed by atoms with Crippen LogP contribution in [0.4, 0.5) is 24.5 Å². The standard InChI is InChI=1S/C21H18F3N3O3/c1-20-11-10-18(29)27(20)16-5-3-2-4-15(16)19(30)26(20)12-17(28)25-14-8-6-13(7-9-14)21(22,23)24/h2-9H,10-12H2,1H3,(H,25,28). The Labute approximate surface area is 170 Å². The molecule has 6 nitrogen and oxygen atoms in total. The summed E-state index contributed by atoms with van der Waals surface area (Å²) >= 11 is 0. The Morgan fingerprint density at radius 2 is 1.77 bits per heavy atom. The quantitative estimate of drug-likeness (QED) is 0.829. The fourth-order valence-corrected chi connectivity index (χ4v) is 4.03. The van der Waals surface area contributed by atoms with E-state index >= 15 is 0 Å². The molecular weight excluding hydrogens is 399 g/mol. The third kappa shape index (κ3) is 3.20. The van der Waals surface area contributed by atoms with E-state index in [1.54, 1.807) is 36.1 Å². The van der Waals surface area contributed by atoms with Crippen molar-refractivity contribution in [2.45, 2.75) is 31.6 Å². The molecule has 0 radical (unpaired) electrons. The van der Waals surface area contributed by atoms with E-state index in [2.05, 4.69) is 5.32 Å². The summed E-state index contributed by atoms with van der Waals surface area (Å²) in [5.74, 6) is -1.07. The molecule has 1 unspecified atom stereocenters. The van der Waals surface area contributed by atoms with Crippen molar-refractivity contribution in [2.24, 2.45) is 0 Å². The zero-order chi connectivity index (χ0) is 21.7. The van der Waals surface area contributed by atoms with Gasteiger partial charge in [-0.1, -0.05) is 12.1 Å². The second-order valence-electron chi connectivity index (χ2n) is 7.48. The van der Waals surface area contributed by atoms with Crippen LogP contribution in [0.1, 0.15) is 35.7 Å². The number of anilines is 2. The van der Waals surface area contributed by atoms with Crippen molar-refractivity contribution >= 4 is 29.1 Å². The van der Waals surface area contributed by atoms with E-state index in [9.17, 15) is 27.6 Å². The molecule has 2 heterocycles. The van der Waals surface area contributed by atoms with Crippen LogP contribution in [0.25, 0.3) is 0 Å². The molecule has 9 heteroatoms. The van der Waals surface area contributed by atoms with Crippen molar-refractivity contribution in [1.82, 2.24) is 4.90 Å². The van der Waals surface area contributed by atoms with Gasteiger partial charge >= 0.3 is 6.18 Å². The summed E-state index contributed by atoms with van der Waals surface area (Å²) in [6, 6.07) is 10.8. The minimum absolute atomic E-state index is 0.134. The summed E-state index contributed by atoms with van der Waals surface area (Å²) in [7, 11) is 0. The van der Waals surface area contributed by atoms with Gasteiger partial charge in [-0.15, -0.1) is 0 Å². The molecule has 0 aliphatic carbocycles. The van der Waals surface area contributed by atoms with Crippen molar-refractivity contribution < 1.29 is 27.6 Å². The summed E-state index contributed by atoms with van der Waals surface area (Å²) in [4.78, 5) is 41.1. The van der Waals surface area contributed by atoms with Gasteiger partial charge in [0.05, 0.1) is 16.8 Å². The normalized spacial score (nSPS) is 20.8. The summed E-state index contributed by atoms with van der Waals surface area (Å²) in [5, 5.41) is 2.52. The van der Waals surface area contributed by atoms with Crippen molar-refractivity contribution in [3.63, 3.8) is 0 Å². The van der Waals surface area contributed by atoms with Crippen molar-refractivity contribution in [1.29, 1.82) is 0 Å². The fraction of sp³-hybridized carbons (Fsp3) is 0.286. The molecular formula is C21H18F3N3O3. The zero-order valence-electron chi connectivity index (χ0n) is 16.0. The number of benzene rings is 2. The first-order valence-electron chi connectivity index (χ1n) is 9.32.